The van der Waals surface area contributed by atoms with Gasteiger partial charge in [0.1, 0.15) is 5.76 Å². The van der Waals surface area contributed by atoms with E-state index in [4.69, 9.17) is 9.47 Å². The van der Waals surface area contributed by atoms with Crippen LogP contribution in [0.1, 0.15) is 56.8 Å². The summed E-state index contributed by atoms with van der Waals surface area (Å²) in [5.74, 6) is -0.301. The first-order valence-electron chi connectivity index (χ1n) is 12.8. The van der Waals surface area contributed by atoms with Crippen LogP contribution in [-0.2, 0) is 9.59 Å². The second kappa shape index (κ2) is 12.6. The van der Waals surface area contributed by atoms with Crippen LogP contribution in [0.5, 0.6) is 11.5 Å². The summed E-state index contributed by atoms with van der Waals surface area (Å²) >= 11 is 0. The molecule has 0 aromatic heterocycles. The highest BCUT2D eigenvalue weighted by Gasteiger charge is 2.46. The topological polar surface area (TPSA) is 79.3 Å². The minimum absolute atomic E-state index is 0.0956. The molecule has 1 fully saturated rings. The third-order valence-corrected chi connectivity index (χ3v) is 6.52. The molecule has 36 heavy (non-hydrogen) atoms. The third-order valence-electron chi connectivity index (χ3n) is 6.52. The largest absolute Gasteiger partial charge is 0.507 e. The number of carbonyl (C=O) groups is 2. The van der Waals surface area contributed by atoms with Crippen LogP contribution in [0.2, 0.25) is 0 Å². The summed E-state index contributed by atoms with van der Waals surface area (Å²) in [6, 6.07) is 12.0. The molecule has 7 nitrogen and oxygen atoms in total. The van der Waals surface area contributed by atoms with Gasteiger partial charge in [0.15, 0.2) is 11.5 Å². The Morgan fingerprint density at radius 3 is 2.19 bits per heavy atom. The summed E-state index contributed by atoms with van der Waals surface area (Å²) in [6.45, 7) is 13.9. The number of ketones is 1. The monoisotopic (exact) mass is 494 g/mol. The lowest BCUT2D eigenvalue weighted by Gasteiger charge is -2.27. The lowest BCUT2D eigenvalue weighted by atomic mass is 9.94. The molecule has 1 aliphatic heterocycles. The Morgan fingerprint density at radius 1 is 0.944 bits per heavy atom. The fraction of sp³-hybridized carbons (Fsp3) is 0.448. The van der Waals surface area contributed by atoms with Crippen molar-refractivity contribution < 1.29 is 24.2 Å². The van der Waals surface area contributed by atoms with Crippen LogP contribution in [0.25, 0.3) is 5.76 Å². The number of amides is 1. The summed E-state index contributed by atoms with van der Waals surface area (Å²) in [5, 5.41) is 11.3. The second-order valence-electron chi connectivity index (χ2n) is 8.81. The molecule has 0 saturated carbocycles. The molecule has 2 aromatic rings. The quantitative estimate of drug-likeness (QED) is 0.256. The fourth-order valence-electron chi connectivity index (χ4n) is 4.57. The maximum absolute atomic E-state index is 13.3. The highest BCUT2D eigenvalue weighted by Crippen LogP contribution is 2.42. The molecule has 1 heterocycles. The van der Waals surface area contributed by atoms with E-state index < -0.39 is 17.7 Å². The Kier molecular flexibility index (Phi) is 9.53. The molecule has 0 radical (unpaired) electrons. The number of aryl methyl sites for hydroxylation is 1. The van der Waals surface area contributed by atoms with Crippen LogP contribution in [0, 0.1) is 6.92 Å². The molecular weight excluding hydrogens is 456 g/mol. The number of hydrogen-bond acceptors (Lipinski definition) is 6. The highest BCUT2D eigenvalue weighted by molar-refractivity contribution is 6.46. The standard InChI is InChI=1S/C29H38N2O5/c1-6-30(7-2)17-10-18-31-26(22-15-16-23(35-8-3)24(19-22)36-9-4)25(28(33)29(31)34)27(32)21-13-11-20(5)12-14-21/h11-16,19,26,32H,6-10,17-18H2,1-5H3/b27-25+/t26-/m1/s1. The van der Waals surface area contributed by atoms with Gasteiger partial charge in [0.2, 0.25) is 0 Å². The number of nitrogens with zero attached hydrogens (tertiary/aromatic N) is 2. The molecule has 194 valence electrons. The average Bonchev–Trinajstić information content (AvgIpc) is 3.13. The van der Waals surface area contributed by atoms with Crippen molar-refractivity contribution in [2.24, 2.45) is 0 Å². The lowest BCUT2D eigenvalue weighted by molar-refractivity contribution is -0.140. The summed E-state index contributed by atoms with van der Waals surface area (Å²) in [4.78, 5) is 30.4. The molecule has 1 amide bonds. The maximum atomic E-state index is 13.3. The molecular formula is C29H38N2O5. The first-order valence-corrected chi connectivity index (χ1v) is 12.8. The smallest absolute Gasteiger partial charge is 0.295 e. The van der Waals surface area contributed by atoms with Gasteiger partial charge in [0.05, 0.1) is 24.8 Å². The van der Waals surface area contributed by atoms with E-state index in [0.29, 0.717) is 48.8 Å². The van der Waals surface area contributed by atoms with Crippen molar-refractivity contribution in [2.75, 3.05) is 39.4 Å². The zero-order valence-corrected chi connectivity index (χ0v) is 22.0. The van der Waals surface area contributed by atoms with Gasteiger partial charge in [-0.05, 0) is 64.5 Å². The van der Waals surface area contributed by atoms with Crippen molar-refractivity contribution in [3.05, 3.63) is 64.7 Å². The summed E-state index contributed by atoms with van der Waals surface area (Å²) in [5.41, 5.74) is 2.33. The van der Waals surface area contributed by atoms with Crippen LogP contribution < -0.4 is 9.47 Å². The average molecular weight is 495 g/mol. The van der Waals surface area contributed by atoms with Crippen molar-refractivity contribution in [1.82, 2.24) is 9.80 Å². The summed E-state index contributed by atoms with van der Waals surface area (Å²) < 4.78 is 11.5. The van der Waals surface area contributed by atoms with E-state index in [1.165, 1.54) is 0 Å². The molecule has 3 rings (SSSR count). The second-order valence-corrected chi connectivity index (χ2v) is 8.81. The zero-order chi connectivity index (χ0) is 26.2. The van der Waals surface area contributed by atoms with Gasteiger partial charge in [-0.1, -0.05) is 49.7 Å². The number of hydrogen-bond donors (Lipinski definition) is 1. The van der Waals surface area contributed by atoms with Crippen LogP contribution in [0.4, 0.5) is 0 Å². The normalized spacial score (nSPS) is 17.2. The maximum Gasteiger partial charge on any atom is 0.295 e. The van der Waals surface area contributed by atoms with Crippen LogP contribution in [-0.4, -0.2) is 66.0 Å². The molecule has 7 heteroatoms. The molecule has 0 spiro atoms. The molecule has 0 aliphatic carbocycles. The van der Waals surface area contributed by atoms with E-state index in [-0.39, 0.29) is 11.3 Å². The van der Waals surface area contributed by atoms with Gasteiger partial charge in [-0.25, -0.2) is 0 Å². The van der Waals surface area contributed by atoms with Gasteiger partial charge in [-0.3, -0.25) is 9.59 Å². The minimum Gasteiger partial charge on any atom is -0.507 e. The predicted molar refractivity (Wildman–Crippen MR) is 141 cm³/mol. The Hall–Kier alpha value is -3.32. The molecule has 1 aliphatic rings. The van der Waals surface area contributed by atoms with Gasteiger partial charge in [-0.2, -0.15) is 0 Å². The molecule has 1 saturated heterocycles. The molecule has 1 atom stereocenters. The van der Waals surface area contributed by atoms with E-state index in [9.17, 15) is 14.7 Å². The number of aliphatic hydroxyl groups is 1. The van der Waals surface area contributed by atoms with Crippen LogP contribution in [0.3, 0.4) is 0 Å². The number of rotatable bonds is 12. The Balaban J connectivity index is 2.09. The van der Waals surface area contributed by atoms with Crippen LogP contribution in [0.15, 0.2) is 48.0 Å². The van der Waals surface area contributed by atoms with Gasteiger partial charge < -0.3 is 24.4 Å². The van der Waals surface area contributed by atoms with Gasteiger partial charge in [0, 0.05) is 12.1 Å². The Morgan fingerprint density at radius 2 is 1.58 bits per heavy atom. The fourth-order valence-corrected chi connectivity index (χ4v) is 4.57. The Bertz CT molecular complexity index is 1090. The Labute approximate surface area is 214 Å². The van der Waals surface area contributed by atoms with E-state index in [1.54, 1.807) is 23.1 Å². The van der Waals surface area contributed by atoms with Crippen molar-refractivity contribution in [2.45, 2.75) is 47.1 Å². The number of Topliss-reactive ketones (excluding diaryl/α,β-unsaturated/α-hetero) is 1. The SMILES string of the molecule is CCOc1ccc([C@@H]2/C(=C(\O)c3ccc(C)cc3)C(=O)C(=O)N2CCCN(CC)CC)cc1OCC. The van der Waals surface area contributed by atoms with E-state index >= 15 is 0 Å². The summed E-state index contributed by atoms with van der Waals surface area (Å²) in [6.07, 6.45) is 0.713. The van der Waals surface area contributed by atoms with Gasteiger partial charge in [0.25, 0.3) is 11.7 Å². The van der Waals surface area contributed by atoms with Gasteiger partial charge in [-0.15, -0.1) is 0 Å². The number of benzene rings is 2. The van der Waals surface area contributed by atoms with Crippen LogP contribution >= 0.6 is 0 Å². The first kappa shape index (κ1) is 27.3. The van der Waals surface area contributed by atoms with Crippen molar-refractivity contribution in [3.8, 4) is 11.5 Å². The predicted octanol–water partition coefficient (Wildman–Crippen LogP) is 4.95. The summed E-state index contributed by atoms with van der Waals surface area (Å²) in [7, 11) is 0. The third kappa shape index (κ3) is 5.90. The first-order chi connectivity index (χ1) is 17.4. The minimum atomic E-state index is -0.724. The number of aliphatic hydroxyl groups excluding tert-OH is 1. The highest BCUT2D eigenvalue weighted by atomic mass is 16.5. The number of ether oxygens (including phenoxy) is 2. The molecule has 2 aromatic carbocycles. The molecule has 1 N–H and O–H groups in total. The van der Waals surface area contributed by atoms with E-state index in [0.717, 1.165) is 25.2 Å². The van der Waals surface area contributed by atoms with Crippen molar-refractivity contribution in [1.29, 1.82) is 0 Å². The number of carbonyl (C=O) groups excluding carboxylic acids is 2. The molecule has 0 bridgehead atoms. The van der Waals surface area contributed by atoms with E-state index in [2.05, 4.69) is 18.7 Å². The van der Waals surface area contributed by atoms with Gasteiger partial charge >= 0.3 is 0 Å². The number of likely N-dealkylation sites (tertiary alicyclic amines) is 1. The van der Waals surface area contributed by atoms with Crippen molar-refractivity contribution >= 4 is 17.4 Å². The van der Waals surface area contributed by atoms with Crippen molar-refractivity contribution in [3.63, 3.8) is 0 Å². The van der Waals surface area contributed by atoms with E-state index in [1.807, 2.05) is 45.0 Å². The lowest BCUT2D eigenvalue weighted by Crippen LogP contribution is -2.33. The molecule has 0 unspecified atom stereocenters. The zero-order valence-electron chi connectivity index (χ0n) is 22.0.